The van der Waals surface area contributed by atoms with Crippen LogP contribution in [-0.2, 0) is 6.18 Å². The van der Waals surface area contributed by atoms with Gasteiger partial charge in [0.1, 0.15) is 11.9 Å². The summed E-state index contributed by atoms with van der Waals surface area (Å²) in [6.07, 6.45) is -4.63. The Labute approximate surface area is 78.5 Å². The summed E-state index contributed by atoms with van der Waals surface area (Å²) in [5, 5.41) is 0. The average molecular weight is 208 g/mol. The highest BCUT2D eigenvalue weighted by Crippen LogP contribution is 2.31. The van der Waals surface area contributed by atoms with Gasteiger partial charge in [-0.15, -0.1) is 0 Å². The van der Waals surface area contributed by atoms with E-state index in [1.54, 1.807) is 6.92 Å². The lowest BCUT2D eigenvalue weighted by Gasteiger charge is -2.09. The van der Waals surface area contributed by atoms with Crippen molar-refractivity contribution in [3.8, 4) is 0 Å². The second-order valence-electron chi connectivity index (χ2n) is 3.14. The van der Waals surface area contributed by atoms with E-state index in [-0.39, 0.29) is 6.04 Å². The third-order valence-corrected chi connectivity index (χ3v) is 1.87. The molecule has 78 valence electrons. The molecular formula is C9H10F4N+. The fourth-order valence-corrected chi connectivity index (χ4v) is 1.07. The van der Waals surface area contributed by atoms with E-state index in [0.29, 0.717) is 5.56 Å². The molecule has 0 saturated carbocycles. The van der Waals surface area contributed by atoms with Crippen LogP contribution in [0.25, 0.3) is 0 Å². The molecule has 0 amide bonds. The molecule has 0 bridgehead atoms. The zero-order chi connectivity index (χ0) is 10.9. The third-order valence-electron chi connectivity index (χ3n) is 1.87. The van der Waals surface area contributed by atoms with E-state index < -0.39 is 17.6 Å². The highest BCUT2D eigenvalue weighted by molar-refractivity contribution is 5.27. The number of hydrogen-bond donors (Lipinski definition) is 1. The average Bonchev–Trinajstić information content (AvgIpc) is 2.01. The monoisotopic (exact) mass is 208 g/mol. The fraction of sp³-hybridized carbons (Fsp3) is 0.333. The van der Waals surface area contributed by atoms with Gasteiger partial charge in [-0.2, -0.15) is 13.2 Å². The van der Waals surface area contributed by atoms with Crippen molar-refractivity contribution in [3.05, 3.63) is 35.1 Å². The summed E-state index contributed by atoms with van der Waals surface area (Å²) in [5.74, 6) is -1.24. The number of hydrogen-bond acceptors (Lipinski definition) is 0. The first-order chi connectivity index (χ1) is 6.32. The Morgan fingerprint density at radius 3 is 2.21 bits per heavy atom. The molecule has 1 aromatic rings. The van der Waals surface area contributed by atoms with Gasteiger partial charge < -0.3 is 5.73 Å². The normalized spacial score (nSPS) is 14.1. The van der Waals surface area contributed by atoms with Crippen molar-refractivity contribution in [2.45, 2.75) is 19.1 Å². The van der Waals surface area contributed by atoms with Crippen LogP contribution in [-0.4, -0.2) is 0 Å². The molecule has 0 fully saturated rings. The summed E-state index contributed by atoms with van der Waals surface area (Å²) in [5.41, 5.74) is 2.81. The SMILES string of the molecule is C[C@H]([NH3+])c1ccc(C(F)(F)F)c(F)c1. The van der Waals surface area contributed by atoms with Crippen molar-refractivity contribution in [3.63, 3.8) is 0 Å². The minimum atomic E-state index is -4.63. The van der Waals surface area contributed by atoms with Crippen LogP contribution in [0.15, 0.2) is 18.2 Å². The topological polar surface area (TPSA) is 27.6 Å². The van der Waals surface area contributed by atoms with Crippen LogP contribution in [0.4, 0.5) is 17.6 Å². The third kappa shape index (κ3) is 2.23. The van der Waals surface area contributed by atoms with Crippen molar-refractivity contribution >= 4 is 0 Å². The van der Waals surface area contributed by atoms with E-state index in [9.17, 15) is 17.6 Å². The van der Waals surface area contributed by atoms with Crippen molar-refractivity contribution in [2.24, 2.45) is 0 Å². The van der Waals surface area contributed by atoms with Crippen molar-refractivity contribution in [1.29, 1.82) is 0 Å². The highest BCUT2D eigenvalue weighted by Gasteiger charge is 2.34. The second-order valence-corrected chi connectivity index (χ2v) is 3.14. The Hall–Kier alpha value is -1.10. The van der Waals surface area contributed by atoms with E-state index >= 15 is 0 Å². The van der Waals surface area contributed by atoms with Crippen molar-refractivity contribution in [1.82, 2.24) is 0 Å². The Bertz CT molecular complexity index is 330. The predicted octanol–water partition coefficient (Wildman–Crippen LogP) is 2.15. The van der Waals surface area contributed by atoms with Crippen LogP contribution in [0.2, 0.25) is 0 Å². The first kappa shape index (κ1) is 11.0. The molecule has 0 heterocycles. The van der Waals surface area contributed by atoms with Crippen LogP contribution in [0.3, 0.4) is 0 Å². The number of quaternary nitrogens is 1. The lowest BCUT2D eigenvalue weighted by atomic mass is 10.1. The zero-order valence-electron chi connectivity index (χ0n) is 7.53. The van der Waals surface area contributed by atoms with Gasteiger partial charge in [0.15, 0.2) is 0 Å². The first-order valence-corrected chi connectivity index (χ1v) is 4.02. The van der Waals surface area contributed by atoms with Crippen LogP contribution in [0.5, 0.6) is 0 Å². The standard InChI is InChI=1S/C9H9F4N/c1-5(14)6-2-3-7(8(10)4-6)9(11,12)13/h2-5H,14H2,1H3/p+1/t5-/m0/s1. The first-order valence-electron chi connectivity index (χ1n) is 4.02. The van der Waals surface area contributed by atoms with Crippen LogP contribution in [0.1, 0.15) is 24.1 Å². The van der Waals surface area contributed by atoms with E-state index in [4.69, 9.17) is 0 Å². The number of alkyl halides is 3. The molecule has 0 radical (unpaired) electrons. The largest absolute Gasteiger partial charge is 0.419 e. The van der Waals surface area contributed by atoms with Gasteiger partial charge in [0, 0.05) is 5.56 Å². The summed E-state index contributed by atoms with van der Waals surface area (Å²) in [6.45, 7) is 1.68. The molecule has 1 atom stereocenters. The maximum atomic E-state index is 13.0. The Morgan fingerprint density at radius 2 is 1.86 bits per heavy atom. The van der Waals surface area contributed by atoms with E-state index in [1.807, 2.05) is 0 Å². The van der Waals surface area contributed by atoms with Crippen LogP contribution in [0, 0.1) is 5.82 Å². The maximum Gasteiger partial charge on any atom is 0.419 e. The van der Waals surface area contributed by atoms with Crippen LogP contribution < -0.4 is 5.73 Å². The minimum absolute atomic E-state index is 0.230. The quantitative estimate of drug-likeness (QED) is 0.685. The molecule has 0 aliphatic heterocycles. The zero-order valence-corrected chi connectivity index (χ0v) is 7.53. The van der Waals surface area contributed by atoms with Gasteiger partial charge in [0.05, 0.1) is 5.56 Å². The van der Waals surface area contributed by atoms with Crippen molar-refractivity contribution < 1.29 is 23.3 Å². The maximum absolute atomic E-state index is 13.0. The Morgan fingerprint density at radius 1 is 1.29 bits per heavy atom. The predicted molar refractivity (Wildman–Crippen MR) is 42.7 cm³/mol. The summed E-state index contributed by atoms with van der Waals surface area (Å²) in [6, 6.07) is 2.63. The van der Waals surface area contributed by atoms with Gasteiger partial charge in [-0.1, -0.05) is 6.07 Å². The molecule has 5 heteroatoms. The summed E-state index contributed by atoms with van der Waals surface area (Å²) in [7, 11) is 0. The van der Waals surface area contributed by atoms with Gasteiger partial charge in [-0.3, -0.25) is 0 Å². The van der Waals surface area contributed by atoms with Crippen molar-refractivity contribution in [2.75, 3.05) is 0 Å². The summed E-state index contributed by atoms with van der Waals surface area (Å²) >= 11 is 0. The number of benzene rings is 1. The number of rotatable bonds is 1. The Balaban J connectivity index is 3.15. The molecule has 0 aliphatic rings. The molecule has 3 N–H and O–H groups in total. The second kappa shape index (κ2) is 3.57. The van der Waals surface area contributed by atoms with Gasteiger partial charge >= 0.3 is 6.18 Å². The van der Waals surface area contributed by atoms with Gasteiger partial charge in [-0.05, 0) is 19.1 Å². The summed E-state index contributed by atoms with van der Waals surface area (Å²) < 4.78 is 49.3. The molecule has 0 aromatic heterocycles. The molecule has 0 unspecified atom stereocenters. The smallest absolute Gasteiger partial charge is 0.352 e. The van der Waals surface area contributed by atoms with Crippen LogP contribution >= 0.6 is 0 Å². The highest BCUT2D eigenvalue weighted by atomic mass is 19.4. The molecule has 0 saturated heterocycles. The molecule has 0 aliphatic carbocycles. The number of halogens is 4. The Kier molecular flexibility index (Phi) is 2.80. The molecular weight excluding hydrogens is 198 g/mol. The molecule has 0 spiro atoms. The molecule has 1 rings (SSSR count). The minimum Gasteiger partial charge on any atom is -0.352 e. The lowest BCUT2D eigenvalue weighted by molar-refractivity contribution is -0.420. The van der Waals surface area contributed by atoms with E-state index in [2.05, 4.69) is 5.73 Å². The molecule has 1 aromatic carbocycles. The molecule has 14 heavy (non-hydrogen) atoms. The van der Waals surface area contributed by atoms with E-state index in [1.165, 1.54) is 6.07 Å². The fourth-order valence-electron chi connectivity index (χ4n) is 1.07. The molecule has 1 nitrogen and oxygen atoms in total. The van der Waals surface area contributed by atoms with Gasteiger partial charge in [-0.25, -0.2) is 4.39 Å². The van der Waals surface area contributed by atoms with Gasteiger partial charge in [0.25, 0.3) is 0 Å². The summed E-state index contributed by atoms with van der Waals surface area (Å²) in [4.78, 5) is 0. The van der Waals surface area contributed by atoms with E-state index in [0.717, 1.165) is 12.1 Å². The van der Waals surface area contributed by atoms with Gasteiger partial charge in [0.2, 0.25) is 0 Å². The lowest BCUT2D eigenvalue weighted by Crippen LogP contribution is -2.51.